The molecule has 1 heterocycles. The second-order valence-electron chi connectivity index (χ2n) is 3.85. The number of hydrogen-bond acceptors (Lipinski definition) is 4. The van der Waals surface area contributed by atoms with Crippen LogP contribution in [0.25, 0.3) is 11.3 Å². The number of rotatable bonds is 2. The van der Waals surface area contributed by atoms with Crippen LogP contribution in [-0.4, -0.2) is 18.1 Å². The summed E-state index contributed by atoms with van der Waals surface area (Å²) in [7, 11) is 1.13. The third kappa shape index (κ3) is 2.42. The molecule has 20 heavy (non-hydrogen) atoms. The van der Waals surface area contributed by atoms with Gasteiger partial charge in [0.05, 0.1) is 17.8 Å². The summed E-state index contributed by atoms with van der Waals surface area (Å²) in [4.78, 5) is 15.3. The van der Waals surface area contributed by atoms with Crippen molar-refractivity contribution in [1.29, 1.82) is 0 Å². The molecule has 0 atom stereocenters. The number of carbonyl (C=O) groups is 1. The number of nitrogens with zero attached hydrogens (tertiary/aromatic N) is 1. The summed E-state index contributed by atoms with van der Waals surface area (Å²) < 4.78 is 31.8. The number of nitrogens with two attached hydrogens (primary N) is 1. The number of anilines is 1. The Bertz CT molecular complexity index is 692. The zero-order chi connectivity index (χ0) is 14.9. The van der Waals surface area contributed by atoms with E-state index in [1.807, 2.05) is 0 Å². The summed E-state index contributed by atoms with van der Waals surface area (Å²) in [5.41, 5.74) is 4.60. The SMILES string of the molecule is COC(=O)c1nc(-c2cccc(F)c2)c(F)c(N)c1Cl. The van der Waals surface area contributed by atoms with Crippen LogP contribution in [0.4, 0.5) is 14.5 Å². The highest BCUT2D eigenvalue weighted by Crippen LogP contribution is 2.32. The lowest BCUT2D eigenvalue weighted by molar-refractivity contribution is 0.0594. The van der Waals surface area contributed by atoms with Crippen molar-refractivity contribution in [2.45, 2.75) is 0 Å². The second kappa shape index (κ2) is 5.42. The molecule has 0 saturated heterocycles. The summed E-state index contributed by atoms with van der Waals surface area (Å²) in [6, 6.07) is 5.08. The lowest BCUT2D eigenvalue weighted by Crippen LogP contribution is -2.10. The first-order valence-electron chi connectivity index (χ1n) is 5.44. The van der Waals surface area contributed by atoms with Crippen molar-refractivity contribution in [2.24, 2.45) is 0 Å². The Morgan fingerprint density at radius 2 is 2.10 bits per heavy atom. The van der Waals surface area contributed by atoms with Gasteiger partial charge in [0.15, 0.2) is 11.5 Å². The Kier molecular flexibility index (Phi) is 3.85. The maximum atomic E-state index is 14.1. The van der Waals surface area contributed by atoms with Crippen molar-refractivity contribution < 1.29 is 18.3 Å². The third-order valence-electron chi connectivity index (χ3n) is 2.59. The molecule has 2 N–H and O–H groups in total. The summed E-state index contributed by atoms with van der Waals surface area (Å²) >= 11 is 5.76. The topological polar surface area (TPSA) is 65.2 Å². The number of methoxy groups -OCH3 is 1. The average molecular weight is 299 g/mol. The van der Waals surface area contributed by atoms with Crippen molar-refractivity contribution >= 4 is 23.3 Å². The van der Waals surface area contributed by atoms with Gasteiger partial charge in [-0.3, -0.25) is 0 Å². The molecule has 0 saturated carbocycles. The van der Waals surface area contributed by atoms with Gasteiger partial charge in [0.1, 0.15) is 11.5 Å². The molecular formula is C13H9ClF2N2O2. The molecule has 0 amide bonds. The number of esters is 1. The smallest absolute Gasteiger partial charge is 0.358 e. The predicted octanol–water partition coefficient (Wildman–Crippen LogP) is 3.05. The van der Waals surface area contributed by atoms with Gasteiger partial charge in [-0.15, -0.1) is 0 Å². The van der Waals surface area contributed by atoms with Gasteiger partial charge in [-0.1, -0.05) is 23.7 Å². The molecule has 0 bridgehead atoms. The highest BCUT2D eigenvalue weighted by atomic mass is 35.5. The van der Waals surface area contributed by atoms with Crippen LogP contribution in [0.15, 0.2) is 24.3 Å². The molecule has 2 aromatic rings. The molecule has 0 radical (unpaired) electrons. The van der Waals surface area contributed by atoms with Crippen LogP contribution in [-0.2, 0) is 4.74 Å². The Balaban J connectivity index is 2.71. The zero-order valence-corrected chi connectivity index (χ0v) is 11.0. The van der Waals surface area contributed by atoms with E-state index in [9.17, 15) is 13.6 Å². The number of pyridine rings is 1. The molecule has 0 aliphatic rings. The molecule has 1 aromatic carbocycles. The Labute approximate surface area is 118 Å². The third-order valence-corrected chi connectivity index (χ3v) is 2.97. The van der Waals surface area contributed by atoms with Crippen molar-refractivity contribution in [2.75, 3.05) is 12.8 Å². The van der Waals surface area contributed by atoms with Gasteiger partial charge in [0, 0.05) is 5.56 Å². The van der Waals surface area contributed by atoms with E-state index in [-0.39, 0.29) is 22.0 Å². The van der Waals surface area contributed by atoms with E-state index in [0.717, 1.165) is 13.2 Å². The Morgan fingerprint density at radius 3 is 2.70 bits per heavy atom. The summed E-state index contributed by atoms with van der Waals surface area (Å²) in [5.74, 6) is -2.36. The number of aromatic nitrogens is 1. The normalized spacial score (nSPS) is 10.4. The van der Waals surface area contributed by atoms with Crippen molar-refractivity contribution in [1.82, 2.24) is 4.98 Å². The van der Waals surface area contributed by atoms with Crippen molar-refractivity contribution in [3.05, 3.63) is 46.6 Å². The Hall–Kier alpha value is -2.21. The highest BCUT2D eigenvalue weighted by Gasteiger charge is 2.22. The minimum Gasteiger partial charge on any atom is -0.464 e. The summed E-state index contributed by atoms with van der Waals surface area (Å²) in [5, 5.41) is -0.338. The number of carbonyl (C=O) groups excluding carboxylic acids is 1. The van der Waals surface area contributed by atoms with E-state index in [4.69, 9.17) is 17.3 Å². The quantitative estimate of drug-likeness (QED) is 0.865. The van der Waals surface area contributed by atoms with E-state index in [1.54, 1.807) is 0 Å². The first kappa shape index (κ1) is 14.2. The summed E-state index contributed by atoms with van der Waals surface area (Å²) in [6.07, 6.45) is 0. The van der Waals surface area contributed by atoms with Crippen LogP contribution in [0.2, 0.25) is 5.02 Å². The van der Waals surface area contributed by atoms with Gasteiger partial charge in [0.2, 0.25) is 0 Å². The monoisotopic (exact) mass is 298 g/mol. The molecule has 0 aliphatic carbocycles. The van der Waals surface area contributed by atoms with Gasteiger partial charge in [-0.05, 0) is 12.1 Å². The first-order chi connectivity index (χ1) is 9.45. The number of halogens is 3. The molecule has 4 nitrogen and oxygen atoms in total. The van der Waals surface area contributed by atoms with Crippen LogP contribution in [0.3, 0.4) is 0 Å². The minimum atomic E-state index is -0.923. The van der Waals surface area contributed by atoms with Crippen LogP contribution in [0.5, 0.6) is 0 Å². The number of nitrogen functional groups attached to an aromatic ring is 1. The highest BCUT2D eigenvalue weighted by molar-refractivity contribution is 6.35. The lowest BCUT2D eigenvalue weighted by atomic mass is 10.1. The molecular weight excluding hydrogens is 290 g/mol. The van der Waals surface area contributed by atoms with Crippen LogP contribution < -0.4 is 5.73 Å². The van der Waals surface area contributed by atoms with Gasteiger partial charge >= 0.3 is 5.97 Å². The van der Waals surface area contributed by atoms with Crippen molar-refractivity contribution in [3.8, 4) is 11.3 Å². The van der Waals surface area contributed by atoms with Gasteiger partial charge in [0.25, 0.3) is 0 Å². The molecule has 0 unspecified atom stereocenters. The fraction of sp³-hybridized carbons (Fsp3) is 0.0769. The summed E-state index contributed by atoms with van der Waals surface area (Å²) in [6.45, 7) is 0. The minimum absolute atomic E-state index is 0.135. The molecule has 2 rings (SSSR count). The average Bonchev–Trinajstić information content (AvgIpc) is 2.44. The maximum Gasteiger partial charge on any atom is 0.358 e. The first-order valence-corrected chi connectivity index (χ1v) is 5.82. The Morgan fingerprint density at radius 1 is 1.40 bits per heavy atom. The fourth-order valence-corrected chi connectivity index (χ4v) is 1.82. The van der Waals surface area contributed by atoms with E-state index < -0.39 is 23.3 Å². The van der Waals surface area contributed by atoms with E-state index in [2.05, 4.69) is 9.72 Å². The van der Waals surface area contributed by atoms with E-state index >= 15 is 0 Å². The van der Waals surface area contributed by atoms with Gasteiger partial charge < -0.3 is 10.5 Å². The van der Waals surface area contributed by atoms with Crippen molar-refractivity contribution in [3.63, 3.8) is 0 Å². The zero-order valence-electron chi connectivity index (χ0n) is 10.3. The van der Waals surface area contributed by atoms with Gasteiger partial charge in [-0.2, -0.15) is 0 Å². The molecule has 0 aliphatic heterocycles. The second-order valence-corrected chi connectivity index (χ2v) is 4.23. The van der Waals surface area contributed by atoms with E-state index in [0.29, 0.717) is 0 Å². The van der Waals surface area contributed by atoms with E-state index in [1.165, 1.54) is 18.2 Å². The van der Waals surface area contributed by atoms with Crippen LogP contribution >= 0.6 is 11.6 Å². The van der Waals surface area contributed by atoms with Crippen LogP contribution in [0, 0.1) is 11.6 Å². The number of benzene rings is 1. The molecule has 0 fully saturated rings. The molecule has 104 valence electrons. The largest absolute Gasteiger partial charge is 0.464 e. The fourth-order valence-electron chi connectivity index (χ4n) is 1.62. The molecule has 0 spiro atoms. The predicted molar refractivity (Wildman–Crippen MR) is 70.4 cm³/mol. The lowest BCUT2D eigenvalue weighted by Gasteiger charge is -2.10. The maximum absolute atomic E-state index is 14.1. The number of hydrogen-bond donors (Lipinski definition) is 1. The van der Waals surface area contributed by atoms with Gasteiger partial charge in [-0.25, -0.2) is 18.6 Å². The number of ether oxygens (including phenoxy) is 1. The van der Waals surface area contributed by atoms with Crippen LogP contribution in [0.1, 0.15) is 10.5 Å². The molecule has 7 heteroatoms. The molecule has 1 aromatic heterocycles. The standard InChI is InChI=1S/C13H9ClF2N2O2/c1-20-13(19)12-8(14)10(17)9(16)11(18-12)6-3-2-4-7(15)5-6/h2-5H,1H3,(H2,17,18).